The Morgan fingerprint density at radius 1 is 1.37 bits per heavy atom. The quantitative estimate of drug-likeness (QED) is 0.767. The molecule has 2 rings (SSSR count). The van der Waals surface area contributed by atoms with E-state index < -0.39 is 0 Å². The number of nitrogens with zero attached hydrogens (tertiary/aromatic N) is 1. The van der Waals surface area contributed by atoms with Gasteiger partial charge in [-0.15, -0.1) is 0 Å². The van der Waals surface area contributed by atoms with Crippen molar-refractivity contribution in [3.05, 3.63) is 41.7 Å². The molecule has 1 aliphatic heterocycles. The third kappa shape index (κ3) is 3.89. The van der Waals surface area contributed by atoms with Crippen LogP contribution in [0, 0.1) is 5.82 Å². The number of morpholine rings is 1. The van der Waals surface area contributed by atoms with Gasteiger partial charge in [-0.05, 0) is 37.6 Å². The van der Waals surface area contributed by atoms with Crippen molar-refractivity contribution in [2.24, 2.45) is 0 Å². The second-order valence-electron chi connectivity index (χ2n) is 4.89. The predicted molar refractivity (Wildman–Crippen MR) is 72.0 cm³/mol. The van der Waals surface area contributed by atoms with Crippen molar-refractivity contribution in [1.29, 1.82) is 0 Å². The second kappa shape index (κ2) is 5.97. The van der Waals surface area contributed by atoms with Crippen LogP contribution in [0.1, 0.15) is 19.4 Å². The Hall–Kier alpha value is -1.68. The van der Waals surface area contributed by atoms with Crippen LogP contribution in [-0.2, 0) is 9.53 Å². The molecule has 0 saturated carbocycles. The van der Waals surface area contributed by atoms with Crippen molar-refractivity contribution in [2.75, 3.05) is 13.1 Å². The highest BCUT2D eigenvalue weighted by Crippen LogP contribution is 2.12. The highest BCUT2D eigenvalue weighted by atomic mass is 19.1. The van der Waals surface area contributed by atoms with E-state index in [1.165, 1.54) is 18.2 Å². The number of carbonyl (C=O) groups excluding carboxylic acids is 1. The molecule has 0 N–H and O–H groups in total. The number of halogens is 1. The zero-order valence-corrected chi connectivity index (χ0v) is 11.2. The molecular formula is C15H18FNO2. The minimum Gasteiger partial charge on any atom is -0.372 e. The van der Waals surface area contributed by atoms with Gasteiger partial charge in [0.1, 0.15) is 5.82 Å². The van der Waals surface area contributed by atoms with E-state index in [0.717, 1.165) is 0 Å². The van der Waals surface area contributed by atoms with Crippen molar-refractivity contribution in [3.8, 4) is 0 Å². The van der Waals surface area contributed by atoms with E-state index in [4.69, 9.17) is 4.74 Å². The SMILES string of the molecule is CC1CN(C(=O)C=Cc2cccc(F)c2)CC(C)O1. The van der Waals surface area contributed by atoms with Crippen LogP contribution in [0.2, 0.25) is 0 Å². The van der Waals surface area contributed by atoms with Crippen molar-refractivity contribution < 1.29 is 13.9 Å². The first-order valence-electron chi connectivity index (χ1n) is 6.42. The minimum absolute atomic E-state index is 0.0512. The van der Waals surface area contributed by atoms with E-state index in [1.54, 1.807) is 23.1 Å². The summed E-state index contributed by atoms with van der Waals surface area (Å²) in [5, 5.41) is 0. The van der Waals surface area contributed by atoms with Crippen LogP contribution in [0.15, 0.2) is 30.3 Å². The molecule has 1 fully saturated rings. The summed E-state index contributed by atoms with van der Waals surface area (Å²) in [5.74, 6) is -0.366. The molecule has 1 heterocycles. The van der Waals surface area contributed by atoms with Gasteiger partial charge in [-0.3, -0.25) is 4.79 Å². The van der Waals surface area contributed by atoms with Gasteiger partial charge in [-0.1, -0.05) is 12.1 Å². The van der Waals surface area contributed by atoms with Gasteiger partial charge in [-0.2, -0.15) is 0 Å². The number of hydrogen-bond donors (Lipinski definition) is 0. The maximum atomic E-state index is 13.0. The third-order valence-electron chi connectivity index (χ3n) is 3.00. The van der Waals surface area contributed by atoms with Gasteiger partial charge in [0, 0.05) is 19.2 Å². The third-order valence-corrected chi connectivity index (χ3v) is 3.00. The lowest BCUT2D eigenvalue weighted by Gasteiger charge is -2.34. The fourth-order valence-electron chi connectivity index (χ4n) is 2.24. The van der Waals surface area contributed by atoms with Gasteiger partial charge in [0.15, 0.2) is 0 Å². The average Bonchev–Trinajstić information content (AvgIpc) is 2.35. The fraction of sp³-hybridized carbons (Fsp3) is 0.400. The average molecular weight is 263 g/mol. The number of ether oxygens (including phenoxy) is 1. The first-order valence-corrected chi connectivity index (χ1v) is 6.42. The molecule has 3 nitrogen and oxygen atoms in total. The highest BCUT2D eigenvalue weighted by molar-refractivity contribution is 5.91. The molecule has 0 aromatic heterocycles. The summed E-state index contributed by atoms with van der Waals surface area (Å²) in [6, 6.07) is 6.16. The molecule has 2 atom stereocenters. The molecule has 0 radical (unpaired) electrons. The zero-order chi connectivity index (χ0) is 13.8. The molecule has 1 amide bonds. The Kier molecular flexibility index (Phi) is 4.32. The zero-order valence-electron chi connectivity index (χ0n) is 11.2. The summed E-state index contributed by atoms with van der Waals surface area (Å²) in [7, 11) is 0. The molecule has 1 aliphatic rings. The van der Waals surface area contributed by atoms with Crippen molar-refractivity contribution in [2.45, 2.75) is 26.1 Å². The Labute approximate surface area is 112 Å². The van der Waals surface area contributed by atoms with Gasteiger partial charge in [0.2, 0.25) is 5.91 Å². The highest BCUT2D eigenvalue weighted by Gasteiger charge is 2.24. The lowest BCUT2D eigenvalue weighted by molar-refractivity contribution is -0.137. The predicted octanol–water partition coefficient (Wildman–Crippen LogP) is 2.47. The van der Waals surface area contributed by atoms with Crippen LogP contribution in [-0.4, -0.2) is 36.1 Å². The van der Waals surface area contributed by atoms with E-state index >= 15 is 0 Å². The first kappa shape index (κ1) is 13.7. The molecule has 1 aromatic carbocycles. The van der Waals surface area contributed by atoms with Crippen molar-refractivity contribution in [1.82, 2.24) is 4.90 Å². The number of hydrogen-bond acceptors (Lipinski definition) is 2. The minimum atomic E-state index is -0.303. The van der Waals surface area contributed by atoms with Crippen LogP contribution in [0.5, 0.6) is 0 Å². The molecule has 0 spiro atoms. The largest absolute Gasteiger partial charge is 0.372 e. The Bertz CT molecular complexity index is 477. The number of rotatable bonds is 2. The Morgan fingerprint density at radius 2 is 2.05 bits per heavy atom. The lowest BCUT2D eigenvalue weighted by atomic mass is 10.2. The molecule has 4 heteroatoms. The molecule has 102 valence electrons. The van der Waals surface area contributed by atoms with E-state index in [9.17, 15) is 9.18 Å². The molecule has 2 unspecified atom stereocenters. The summed E-state index contributed by atoms with van der Waals surface area (Å²) < 4.78 is 18.6. The summed E-state index contributed by atoms with van der Waals surface area (Å²) >= 11 is 0. The molecule has 1 saturated heterocycles. The molecular weight excluding hydrogens is 245 g/mol. The number of amides is 1. The summed E-state index contributed by atoms with van der Waals surface area (Å²) in [6.45, 7) is 5.09. The molecule has 0 bridgehead atoms. The van der Waals surface area contributed by atoms with Crippen LogP contribution in [0.4, 0.5) is 4.39 Å². The summed E-state index contributed by atoms with van der Waals surface area (Å²) in [6.07, 6.45) is 3.22. The Morgan fingerprint density at radius 3 is 2.68 bits per heavy atom. The number of carbonyl (C=O) groups is 1. The van der Waals surface area contributed by atoms with E-state index in [2.05, 4.69) is 0 Å². The Balaban J connectivity index is 2.00. The topological polar surface area (TPSA) is 29.5 Å². The second-order valence-corrected chi connectivity index (χ2v) is 4.89. The monoisotopic (exact) mass is 263 g/mol. The van der Waals surface area contributed by atoms with Gasteiger partial charge < -0.3 is 9.64 Å². The van der Waals surface area contributed by atoms with Crippen molar-refractivity contribution in [3.63, 3.8) is 0 Å². The van der Waals surface area contributed by atoms with Gasteiger partial charge >= 0.3 is 0 Å². The maximum absolute atomic E-state index is 13.0. The van der Waals surface area contributed by atoms with Crippen LogP contribution >= 0.6 is 0 Å². The summed E-state index contributed by atoms with van der Waals surface area (Å²) in [5.41, 5.74) is 0.683. The van der Waals surface area contributed by atoms with Crippen LogP contribution in [0.3, 0.4) is 0 Å². The lowest BCUT2D eigenvalue weighted by Crippen LogP contribution is -2.47. The maximum Gasteiger partial charge on any atom is 0.246 e. The number of benzene rings is 1. The van der Waals surface area contributed by atoms with Gasteiger partial charge in [-0.25, -0.2) is 4.39 Å². The van der Waals surface area contributed by atoms with Gasteiger partial charge in [0.05, 0.1) is 12.2 Å². The van der Waals surface area contributed by atoms with E-state index in [0.29, 0.717) is 18.7 Å². The van der Waals surface area contributed by atoms with E-state index in [-0.39, 0.29) is 23.9 Å². The summed E-state index contributed by atoms with van der Waals surface area (Å²) in [4.78, 5) is 13.8. The molecule has 0 aliphatic carbocycles. The van der Waals surface area contributed by atoms with Crippen molar-refractivity contribution >= 4 is 12.0 Å². The molecule has 1 aromatic rings. The standard InChI is InChI=1S/C15H18FNO2/c1-11-9-17(10-12(2)19-11)15(18)7-6-13-4-3-5-14(16)8-13/h3-8,11-12H,9-10H2,1-2H3. The smallest absolute Gasteiger partial charge is 0.246 e. The van der Waals surface area contributed by atoms with E-state index in [1.807, 2.05) is 13.8 Å². The normalized spacial score (nSPS) is 23.8. The van der Waals surface area contributed by atoms with Crippen LogP contribution < -0.4 is 0 Å². The van der Waals surface area contributed by atoms with Crippen LogP contribution in [0.25, 0.3) is 6.08 Å². The van der Waals surface area contributed by atoms with Gasteiger partial charge in [0.25, 0.3) is 0 Å². The fourth-order valence-corrected chi connectivity index (χ4v) is 2.24. The molecule has 19 heavy (non-hydrogen) atoms. The first-order chi connectivity index (χ1) is 9.04.